The van der Waals surface area contributed by atoms with E-state index < -0.39 is 5.69 Å². The van der Waals surface area contributed by atoms with Crippen LogP contribution in [0.15, 0.2) is 35.1 Å². The molecule has 9 nitrogen and oxygen atoms in total. The Bertz CT molecular complexity index is 1080. The van der Waals surface area contributed by atoms with Gasteiger partial charge in [0.05, 0.1) is 18.9 Å². The summed E-state index contributed by atoms with van der Waals surface area (Å²) < 4.78 is 13.2. The molecule has 1 atom stereocenters. The molecule has 0 saturated carbocycles. The molecule has 1 fully saturated rings. The zero-order chi connectivity index (χ0) is 20.4. The monoisotopic (exact) mass is 397 g/mol. The molecule has 1 amide bonds. The predicted molar refractivity (Wildman–Crippen MR) is 106 cm³/mol. The molecule has 0 bridgehead atoms. The molecule has 4 rings (SSSR count). The van der Waals surface area contributed by atoms with Crippen LogP contribution in [-0.2, 0) is 16.1 Å². The van der Waals surface area contributed by atoms with E-state index in [1.54, 1.807) is 20.1 Å². The fraction of sp³-hybridized carbons (Fsp3) is 0.400. The molecule has 0 aliphatic carbocycles. The van der Waals surface area contributed by atoms with Crippen molar-refractivity contribution in [3.05, 3.63) is 46.6 Å². The molecule has 0 unspecified atom stereocenters. The molecule has 1 N–H and O–H groups in total. The van der Waals surface area contributed by atoms with Crippen LogP contribution in [0.2, 0.25) is 0 Å². The van der Waals surface area contributed by atoms with Gasteiger partial charge in [0.1, 0.15) is 18.1 Å². The van der Waals surface area contributed by atoms with Gasteiger partial charge in [0.15, 0.2) is 5.65 Å². The molecular formula is C20H23N5O4. The molecule has 3 aromatic rings. The van der Waals surface area contributed by atoms with E-state index in [2.05, 4.69) is 15.4 Å². The van der Waals surface area contributed by atoms with Crippen molar-refractivity contribution in [3.8, 4) is 17.0 Å². The Hall–Kier alpha value is -3.20. The van der Waals surface area contributed by atoms with Crippen LogP contribution >= 0.6 is 0 Å². The van der Waals surface area contributed by atoms with Crippen molar-refractivity contribution in [1.29, 1.82) is 0 Å². The number of aromatic nitrogens is 4. The normalized spacial score (nSPS) is 16.3. The third-order valence-electron chi connectivity index (χ3n) is 4.97. The van der Waals surface area contributed by atoms with Crippen LogP contribution in [0, 0.1) is 6.92 Å². The molecular weight excluding hydrogens is 374 g/mol. The lowest BCUT2D eigenvalue weighted by atomic mass is 10.1. The van der Waals surface area contributed by atoms with Gasteiger partial charge in [0, 0.05) is 24.8 Å². The van der Waals surface area contributed by atoms with Gasteiger partial charge >= 0.3 is 5.69 Å². The maximum atomic E-state index is 12.7. The van der Waals surface area contributed by atoms with Crippen LogP contribution in [0.1, 0.15) is 18.7 Å². The lowest BCUT2D eigenvalue weighted by molar-refractivity contribution is -0.122. The minimum atomic E-state index is -0.390. The second kappa shape index (κ2) is 8.04. The van der Waals surface area contributed by atoms with E-state index in [1.807, 2.05) is 24.3 Å². The van der Waals surface area contributed by atoms with Crippen molar-refractivity contribution in [2.75, 3.05) is 20.3 Å². The van der Waals surface area contributed by atoms with Gasteiger partial charge in [-0.15, -0.1) is 5.10 Å². The van der Waals surface area contributed by atoms with Gasteiger partial charge in [-0.25, -0.2) is 18.9 Å². The third-order valence-corrected chi connectivity index (χ3v) is 4.97. The summed E-state index contributed by atoms with van der Waals surface area (Å²) in [4.78, 5) is 29.4. The fourth-order valence-corrected chi connectivity index (χ4v) is 3.44. The highest BCUT2D eigenvalue weighted by molar-refractivity contribution is 5.75. The quantitative estimate of drug-likeness (QED) is 0.670. The van der Waals surface area contributed by atoms with Crippen molar-refractivity contribution in [2.45, 2.75) is 32.4 Å². The van der Waals surface area contributed by atoms with E-state index in [4.69, 9.17) is 9.47 Å². The summed E-state index contributed by atoms with van der Waals surface area (Å²) >= 11 is 0. The van der Waals surface area contributed by atoms with E-state index in [1.165, 1.54) is 4.40 Å². The summed E-state index contributed by atoms with van der Waals surface area (Å²) in [7, 11) is 1.61. The van der Waals surface area contributed by atoms with Crippen molar-refractivity contribution in [2.24, 2.45) is 0 Å². The fourth-order valence-electron chi connectivity index (χ4n) is 3.44. The average Bonchev–Trinajstić information content (AvgIpc) is 3.35. The number of aryl methyl sites for hydroxylation is 1. The van der Waals surface area contributed by atoms with Crippen LogP contribution in [0.5, 0.6) is 5.75 Å². The zero-order valence-electron chi connectivity index (χ0n) is 16.4. The van der Waals surface area contributed by atoms with Gasteiger partial charge in [-0.05, 0) is 44.0 Å². The molecule has 1 aliphatic heterocycles. The van der Waals surface area contributed by atoms with Crippen LogP contribution in [0.25, 0.3) is 16.9 Å². The maximum Gasteiger partial charge on any atom is 0.352 e. The van der Waals surface area contributed by atoms with Gasteiger partial charge in [-0.1, -0.05) is 0 Å². The Morgan fingerprint density at radius 1 is 1.34 bits per heavy atom. The second-order valence-corrected chi connectivity index (χ2v) is 6.99. The SMILES string of the molecule is COc1ccc(-c2cc3nn(CC(=O)NC[C@H]4CCCO4)c(=O)n3c(C)n2)cc1. The number of carbonyl (C=O) groups excluding carboxylic acids is 1. The number of nitrogens with one attached hydrogen (secondary N) is 1. The molecule has 0 spiro atoms. The number of nitrogens with zero attached hydrogens (tertiary/aromatic N) is 4. The topological polar surface area (TPSA) is 99.8 Å². The lowest BCUT2D eigenvalue weighted by Gasteiger charge is -2.10. The van der Waals surface area contributed by atoms with Crippen LogP contribution in [0.3, 0.4) is 0 Å². The summed E-state index contributed by atoms with van der Waals surface area (Å²) in [6.07, 6.45) is 2.00. The Morgan fingerprint density at radius 2 is 2.14 bits per heavy atom. The minimum Gasteiger partial charge on any atom is -0.497 e. The van der Waals surface area contributed by atoms with E-state index in [0.717, 1.165) is 35.4 Å². The molecule has 1 aromatic carbocycles. The average molecular weight is 397 g/mol. The summed E-state index contributed by atoms with van der Waals surface area (Å²) in [5.74, 6) is 0.984. The van der Waals surface area contributed by atoms with Crippen LogP contribution in [-0.4, -0.2) is 51.4 Å². The maximum absolute atomic E-state index is 12.7. The van der Waals surface area contributed by atoms with Gasteiger partial charge in [0.25, 0.3) is 0 Å². The molecule has 0 radical (unpaired) electrons. The molecule has 1 aliphatic rings. The van der Waals surface area contributed by atoms with E-state index in [-0.39, 0.29) is 18.6 Å². The smallest absolute Gasteiger partial charge is 0.352 e. The summed E-state index contributed by atoms with van der Waals surface area (Å²) in [5, 5.41) is 7.13. The van der Waals surface area contributed by atoms with Crippen LogP contribution in [0.4, 0.5) is 0 Å². The van der Waals surface area contributed by atoms with Crippen molar-refractivity contribution < 1.29 is 14.3 Å². The number of benzene rings is 1. The van der Waals surface area contributed by atoms with Gasteiger partial charge in [-0.2, -0.15) is 0 Å². The number of fused-ring (bicyclic) bond motifs is 1. The highest BCUT2D eigenvalue weighted by Crippen LogP contribution is 2.21. The van der Waals surface area contributed by atoms with Crippen LogP contribution < -0.4 is 15.7 Å². The number of ether oxygens (including phenoxy) is 2. The first-order valence-electron chi connectivity index (χ1n) is 9.55. The molecule has 3 heterocycles. The highest BCUT2D eigenvalue weighted by atomic mass is 16.5. The lowest BCUT2D eigenvalue weighted by Crippen LogP contribution is -2.36. The number of amides is 1. The van der Waals surface area contributed by atoms with Crippen molar-refractivity contribution in [3.63, 3.8) is 0 Å². The summed E-state index contributed by atoms with van der Waals surface area (Å²) in [6.45, 7) is 2.77. The van der Waals surface area contributed by atoms with Gasteiger partial charge in [0.2, 0.25) is 5.91 Å². The second-order valence-electron chi connectivity index (χ2n) is 6.99. The number of carbonyl (C=O) groups is 1. The Labute approximate surface area is 167 Å². The number of hydrogen-bond acceptors (Lipinski definition) is 6. The number of hydrogen-bond donors (Lipinski definition) is 1. The van der Waals surface area contributed by atoms with E-state index in [0.29, 0.717) is 23.7 Å². The predicted octanol–water partition coefficient (Wildman–Crippen LogP) is 1.17. The molecule has 29 heavy (non-hydrogen) atoms. The van der Waals surface area contributed by atoms with Crippen molar-refractivity contribution >= 4 is 11.6 Å². The minimum absolute atomic E-state index is 0.0511. The van der Waals surface area contributed by atoms with Gasteiger partial charge < -0.3 is 14.8 Å². The Kier molecular flexibility index (Phi) is 5.30. The van der Waals surface area contributed by atoms with E-state index >= 15 is 0 Å². The molecule has 9 heteroatoms. The first kappa shape index (κ1) is 19.1. The molecule has 152 valence electrons. The first-order chi connectivity index (χ1) is 14.0. The standard InChI is InChI=1S/C20H23N5O4/c1-13-22-17(14-5-7-15(28-2)8-6-14)10-18-23-24(20(27)25(13)18)12-19(26)21-11-16-4-3-9-29-16/h5-8,10,16H,3-4,9,11-12H2,1-2H3,(H,21,26)/t16-/m1/s1. The highest BCUT2D eigenvalue weighted by Gasteiger charge is 2.18. The molecule has 2 aromatic heterocycles. The summed E-state index contributed by atoms with van der Waals surface area (Å²) in [6, 6.07) is 9.21. The molecule has 1 saturated heterocycles. The Morgan fingerprint density at radius 3 is 2.83 bits per heavy atom. The summed E-state index contributed by atoms with van der Waals surface area (Å²) in [5.41, 5.74) is 1.63. The largest absolute Gasteiger partial charge is 0.497 e. The van der Waals surface area contributed by atoms with E-state index in [9.17, 15) is 9.59 Å². The van der Waals surface area contributed by atoms with Gasteiger partial charge in [-0.3, -0.25) is 4.79 Å². The number of rotatable bonds is 6. The first-order valence-corrected chi connectivity index (χ1v) is 9.55. The zero-order valence-corrected chi connectivity index (χ0v) is 16.4. The number of methoxy groups -OCH3 is 1. The van der Waals surface area contributed by atoms with Crippen molar-refractivity contribution in [1.82, 2.24) is 24.5 Å². The Balaban J connectivity index is 1.56. The third kappa shape index (κ3) is 4.00.